The number of rotatable bonds is 6. The number of hydrogen-bond acceptors (Lipinski definition) is 4. The first-order valence-electron chi connectivity index (χ1n) is 6.81. The van der Waals surface area contributed by atoms with E-state index in [1.165, 1.54) is 5.56 Å². The average molecular weight is 283 g/mol. The minimum absolute atomic E-state index is 0.297. The smallest absolute Gasteiger partial charge is 0.231 e. The van der Waals surface area contributed by atoms with Crippen LogP contribution in [0.25, 0.3) is 0 Å². The first kappa shape index (κ1) is 13.4. The maximum Gasteiger partial charge on any atom is 0.231 e. The summed E-state index contributed by atoms with van der Waals surface area (Å²) < 4.78 is 16.1. The van der Waals surface area contributed by atoms with Gasteiger partial charge in [-0.05, 0) is 29.8 Å². The van der Waals surface area contributed by atoms with Gasteiger partial charge in [-0.15, -0.1) is 0 Å². The Bertz CT molecular complexity index is 622. The van der Waals surface area contributed by atoms with E-state index in [2.05, 4.69) is 11.9 Å². The molecule has 3 rings (SSSR count). The molecule has 0 saturated carbocycles. The number of fused-ring (bicyclic) bond motifs is 1. The molecule has 0 fully saturated rings. The summed E-state index contributed by atoms with van der Waals surface area (Å²) in [5.41, 5.74) is 2.19. The summed E-state index contributed by atoms with van der Waals surface area (Å²) in [4.78, 5) is 0. The molecule has 0 unspecified atom stereocenters. The van der Waals surface area contributed by atoms with Gasteiger partial charge in [0.2, 0.25) is 6.79 Å². The Labute approximate surface area is 124 Å². The number of nitrogens with one attached hydrogen (secondary N) is 1. The normalized spacial score (nSPS) is 12.0. The van der Waals surface area contributed by atoms with Crippen LogP contribution in [-0.2, 0) is 6.54 Å². The number of ether oxygens (including phenoxy) is 3. The Morgan fingerprint density at radius 2 is 1.90 bits per heavy atom. The van der Waals surface area contributed by atoms with Crippen molar-refractivity contribution in [1.82, 2.24) is 0 Å². The Morgan fingerprint density at radius 3 is 2.71 bits per heavy atom. The third-order valence-corrected chi connectivity index (χ3v) is 3.16. The van der Waals surface area contributed by atoms with Crippen molar-refractivity contribution in [3.8, 4) is 17.2 Å². The van der Waals surface area contributed by atoms with Crippen LogP contribution in [0.1, 0.15) is 5.56 Å². The molecule has 108 valence electrons. The van der Waals surface area contributed by atoms with E-state index in [1.54, 1.807) is 6.08 Å². The Balaban J connectivity index is 1.58. The van der Waals surface area contributed by atoms with Gasteiger partial charge in [0.05, 0.1) is 0 Å². The van der Waals surface area contributed by atoms with E-state index in [0.717, 1.165) is 29.5 Å². The van der Waals surface area contributed by atoms with E-state index >= 15 is 0 Å². The third kappa shape index (κ3) is 3.28. The van der Waals surface area contributed by atoms with Gasteiger partial charge in [0.25, 0.3) is 0 Å². The zero-order valence-electron chi connectivity index (χ0n) is 11.7. The molecule has 1 aliphatic heterocycles. The molecular formula is C17H17NO3. The van der Waals surface area contributed by atoms with Gasteiger partial charge in [-0.1, -0.05) is 24.8 Å². The molecule has 0 amide bonds. The lowest BCUT2D eigenvalue weighted by molar-refractivity contribution is 0.174. The molecule has 0 atom stereocenters. The molecule has 0 radical (unpaired) electrons. The molecule has 2 aromatic rings. The first-order chi connectivity index (χ1) is 10.3. The molecule has 4 nitrogen and oxygen atoms in total. The highest BCUT2D eigenvalue weighted by Crippen LogP contribution is 2.34. The highest BCUT2D eigenvalue weighted by molar-refractivity contribution is 5.55. The van der Waals surface area contributed by atoms with Crippen LogP contribution in [0.4, 0.5) is 5.69 Å². The van der Waals surface area contributed by atoms with Gasteiger partial charge in [-0.2, -0.15) is 0 Å². The van der Waals surface area contributed by atoms with Crippen LogP contribution in [0.15, 0.2) is 55.1 Å². The van der Waals surface area contributed by atoms with E-state index in [9.17, 15) is 0 Å². The van der Waals surface area contributed by atoms with Crippen molar-refractivity contribution in [2.75, 3.05) is 18.7 Å². The monoisotopic (exact) mass is 283 g/mol. The lowest BCUT2D eigenvalue weighted by Crippen LogP contribution is -1.99. The fourth-order valence-electron chi connectivity index (χ4n) is 2.07. The lowest BCUT2D eigenvalue weighted by atomic mass is 10.2. The topological polar surface area (TPSA) is 39.7 Å². The van der Waals surface area contributed by atoms with Gasteiger partial charge < -0.3 is 19.5 Å². The van der Waals surface area contributed by atoms with Crippen molar-refractivity contribution in [2.45, 2.75) is 6.54 Å². The second-order valence-corrected chi connectivity index (χ2v) is 4.67. The predicted octanol–water partition coefficient (Wildman–Crippen LogP) is 3.59. The molecular weight excluding hydrogens is 266 g/mol. The fourth-order valence-corrected chi connectivity index (χ4v) is 2.07. The van der Waals surface area contributed by atoms with E-state index in [-0.39, 0.29) is 0 Å². The van der Waals surface area contributed by atoms with Gasteiger partial charge in [0, 0.05) is 18.3 Å². The molecule has 0 spiro atoms. The quantitative estimate of drug-likeness (QED) is 0.822. The molecule has 4 heteroatoms. The first-order valence-corrected chi connectivity index (χ1v) is 6.81. The largest absolute Gasteiger partial charge is 0.490 e. The summed E-state index contributed by atoms with van der Waals surface area (Å²) in [5.74, 6) is 2.43. The standard InChI is InChI=1S/C17H17NO3/c1-2-9-19-15-6-3-13(4-7-15)11-18-14-5-8-16-17(10-14)21-12-20-16/h2-8,10,18H,1,9,11-12H2. The van der Waals surface area contributed by atoms with Gasteiger partial charge in [0.1, 0.15) is 12.4 Å². The maximum atomic E-state index is 5.45. The molecule has 0 bridgehead atoms. The van der Waals surface area contributed by atoms with E-state index in [4.69, 9.17) is 14.2 Å². The highest BCUT2D eigenvalue weighted by Gasteiger charge is 2.12. The molecule has 0 aliphatic carbocycles. The summed E-state index contributed by atoms with van der Waals surface area (Å²) >= 11 is 0. The second kappa shape index (κ2) is 6.22. The molecule has 0 aromatic heterocycles. The number of benzene rings is 2. The van der Waals surface area contributed by atoms with Crippen molar-refractivity contribution >= 4 is 5.69 Å². The van der Waals surface area contributed by atoms with Gasteiger partial charge in [0.15, 0.2) is 11.5 Å². The number of anilines is 1. The van der Waals surface area contributed by atoms with E-state index in [1.807, 2.05) is 42.5 Å². The van der Waals surface area contributed by atoms with Crippen LogP contribution in [0, 0.1) is 0 Å². The summed E-state index contributed by atoms with van der Waals surface area (Å²) in [6.45, 7) is 5.18. The summed E-state index contributed by atoms with van der Waals surface area (Å²) in [7, 11) is 0. The van der Waals surface area contributed by atoms with Gasteiger partial charge >= 0.3 is 0 Å². The van der Waals surface area contributed by atoms with Crippen LogP contribution in [-0.4, -0.2) is 13.4 Å². The minimum atomic E-state index is 0.297. The zero-order valence-corrected chi connectivity index (χ0v) is 11.7. The summed E-state index contributed by atoms with van der Waals surface area (Å²) in [5, 5.41) is 3.36. The van der Waals surface area contributed by atoms with Gasteiger partial charge in [-0.3, -0.25) is 0 Å². The van der Waals surface area contributed by atoms with Crippen molar-refractivity contribution in [1.29, 1.82) is 0 Å². The third-order valence-electron chi connectivity index (χ3n) is 3.16. The molecule has 1 aliphatic rings. The van der Waals surface area contributed by atoms with Crippen LogP contribution in [0.2, 0.25) is 0 Å². The highest BCUT2D eigenvalue weighted by atomic mass is 16.7. The SMILES string of the molecule is C=CCOc1ccc(CNc2ccc3c(c2)OCO3)cc1. The Morgan fingerprint density at radius 1 is 1.10 bits per heavy atom. The second-order valence-electron chi connectivity index (χ2n) is 4.67. The number of hydrogen-bond donors (Lipinski definition) is 1. The average Bonchev–Trinajstić information content (AvgIpc) is 2.99. The molecule has 2 aromatic carbocycles. The van der Waals surface area contributed by atoms with Crippen LogP contribution < -0.4 is 19.5 Å². The molecule has 1 N–H and O–H groups in total. The summed E-state index contributed by atoms with van der Waals surface area (Å²) in [6.07, 6.45) is 1.73. The summed E-state index contributed by atoms with van der Waals surface area (Å²) in [6, 6.07) is 13.8. The van der Waals surface area contributed by atoms with Crippen molar-refractivity contribution in [2.24, 2.45) is 0 Å². The van der Waals surface area contributed by atoms with Crippen molar-refractivity contribution in [3.63, 3.8) is 0 Å². The Hall–Kier alpha value is -2.62. The maximum absolute atomic E-state index is 5.45. The Kier molecular flexibility index (Phi) is 3.96. The van der Waals surface area contributed by atoms with Gasteiger partial charge in [-0.25, -0.2) is 0 Å². The lowest BCUT2D eigenvalue weighted by Gasteiger charge is -2.08. The fraction of sp³-hybridized carbons (Fsp3) is 0.176. The molecule has 21 heavy (non-hydrogen) atoms. The van der Waals surface area contributed by atoms with Crippen LogP contribution in [0.5, 0.6) is 17.2 Å². The van der Waals surface area contributed by atoms with Crippen LogP contribution in [0.3, 0.4) is 0 Å². The van der Waals surface area contributed by atoms with Crippen molar-refractivity contribution < 1.29 is 14.2 Å². The molecule has 0 saturated heterocycles. The van der Waals surface area contributed by atoms with Crippen LogP contribution >= 0.6 is 0 Å². The minimum Gasteiger partial charge on any atom is -0.490 e. The van der Waals surface area contributed by atoms with E-state index in [0.29, 0.717) is 13.4 Å². The zero-order chi connectivity index (χ0) is 14.5. The predicted molar refractivity (Wildman–Crippen MR) is 82.0 cm³/mol. The molecule has 1 heterocycles. The van der Waals surface area contributed by atoms with Crippen molar-refractivity contribution in [3.05, 3.63) is 60.7 Å². The van der Waals surface area contributed by atoms with E-state index < -0.39 is 0 Å².